The average molecular weight is 281 g/mol. The van der Waals surface area contributed by atoms with Crippen molar-refractivity contribution in [2.24, 2.45) is 5.92 Å². The fourth-order valence-electron chi connectivity index (χ4n) is 2.39. The first-order valence-electron chi connectivity index (χ1n) is 5.19. The zero-order valence-corrected chi connectivity index (χ0v) is 10.9. The second kappa shape index (κ2) is 4.83. The Morgan fingerprint density at radius 1 is 1.17 bits per heavy atom. The molecule has 0 nitrogen and oxygen atoms in total. The number of rotatable bonds is 3. The summed E-state index contributed by atoms with van der Waals surface area (Å²) in [4.78, 5) is 2.49. The summed E-state index contributed by atoms with van der Waals surface area (Å²) in [6.07, 6.45) is 9.14. The predicted octanol–water partition coefficient (Wildman–Crippen LogP) is 0.454. The second-order valence-electron chi connectivity index (χ2n) is 4.50. The Morgan fingerprint density at radius 2 is 1.75 bits per heavy atom. The zero-order valence-electron chi connectivity index (χ0n) is 8.70. The molecule has 1 saturated carbocycles. The molecular weight excluding hydrogens is 259 g/mol. The Kier molecular flexibility index (Phi) is 4.35. The third-order valence-electron chi connectivity index (χ3n) is 2.92. The van der Waals surface area contributed by atoms with Gasteiger partial charge in [-0.2, -0.15) is 0 Å². The van der Waals surface area contributed by atoms with Gasteiger partial charge in [0, 0.05) is 0 Å². The molecule has 0 aromatic carbocycles. The van der Waals surface area contributed by atoms with Gasteiger partial charge in [0.15, 0.2) is 0 Å². The van der Waals surface area contributed by atoms with Crippen LogP contribution in [-0.2, 0) is 0 Å². The summed E-state index contributed by atoms with van der Waals surface area (Å²) in [7, 11) is 0. The van der Waals surface area contributed by atoms with Gasteiger partial charge in [0.1, 0.15) is 0 Å². The maximum absolute atomic E-state index is 2.49. The van der Waals surface area contributed by atoms with Gasteiger partial charge in [-0.05, 0) is 0 Å². The Hall–Kier alpha value is 0.730. The van der Waals surface area contributed by atoms with Crippen molar-refractivity contribution >= 4 is 0 Å². The van der Waals surface area contributed by atoms with Gasteiger partial charge in [0.25, 0.3) is 0 Å². The van der Waals surface area contributed by atoms with E-state index >= 15 is 0 Å². The Balaban J connectivity index is 2.48. The Labute approximate surface area is 87.8 Å². The molecule has 0 bridgehead atoms. The van der Waals surface area contributed by atoms with Crippen molar-refractivity contribution in [3.05, 3.63) is 0 Å². The summed E-state index contributed by atoms with van der Waals surface area (Å²) < 4.78 is 0.852. The fraction of sp³-hybridized carbons (Fsp3) is 1.00. The van der Waals surface area contributed by atoms with Gasteiger partial charge in [-0.15, -0.1) is 0 Å². The summed E-state index contributed by atoms with van der Waals surface area (Å²) in [6.45, 7) is 4.77. The molecule has 0 spiro atoms. The molecule has 1 aliphatic rings. The van der Waals surface area contributed by atoms with Gasteiger partial charge in [0.05, 0.1) is 0 Å². The van der Waals surface area contributed by atoms with Crippen LogP contribution in [0.3, 0.4) is 0 Å². The molecule has 1 rings (SSSR count). The third kappa shape index (κ3) is 2.90. The van der Waals surface area contributed by atoms with E-state index in [9.17, 15) is 0 Å². The standard InChI is InChI=1S/C11H22I/c1-10(2)9-11(12-3)7-5-4-6-8-11/h10H,4-9H2,1-3H3/q-1. The molecule has 0 atom stereocenters. The summed E-state index contributed by atoms with van der Waals surface area (Å²) in [5, 5.41) is 0. The van der Waals surface area contributed by atoms with Crippen LogP contribution in [0.5, 0.6) is 0 Å². The van der Waals surface area contributed by atoms with Crippen LogP contribution in [0.25, 0.3) is 0 Å². The molecule has 0 saturated heterocycles. The van der Waals surface area contributed by atoms with Crippen molar-refractivity contribution in [2.75, 3.05) is 4.93 Å². The van der Waals surface area contributed by atoms with Gasteiger partial charge in [-0.25, -0.2) is 0 Å². The number of hydrogen-bond donors (Lipinski definition) is 0. The predicted molar refractivity (Wildman–Crippen MR) is 51.2 cm³/mol. The first-order chi connectivity index (χ1) is 5.68. The molecule has 1 fully saturated rings. The molecule has 74 valence electrons. The molecule has 0 aliphatic heterocycles. The van der Waals surface area contributed by atoms with E-state index in [0.29, 0.717) is 21.2 Å². The van der Waals surface area contributed by atoms with Crippen LogP contribution in [0.1, 0.15) is 52.4 Å². The van der Waals surface area contributed by atoms with E-state index < -0.39 is 0 Å². The fourth-order valence-corrected chi connectivity index (χ4v) is 5.55. The van der Waals surface area contributed by atoms with Gasteiger partial charge in [-0.1, -0.05) is 0 Å². The summed E-state index contributed by atoms with van der Waals surface area (Å²) >= 11 is 0.466. The first-order valence-corrected chi connectivity index (χ1v) is 8.43. The quantitative estimate of drug-likeness (QED) is 0.521. The van der Waals surface area contributed by atoms with Gasteiger partial charge in [-0.3, -0.25) is 0 Å². The molecule has 12 heavy (non-hydrogen) atoms. The van der Waals surface area contributed by atoms with Gasteiger partial charge in [0.2, 0.25) is 0 Å². The minimum atomic E-state index is 0.466. The monoisotopic (exact) mass is 281 g/mol. The van der Waals surface area contributed by atoms with Crippen molar-refractivity contribution in [2.45, 2.75) is 55.8 Å². The molecule has 0 unspecified atom stereocenters. The molecule has 0 heterocycles. The zero-order chi connectivity index (χ0) is 9.03. The van der Waals surface area contributed by atoms with Crippen LogP contribution in [0.15, 0.2) is 0 Å². The third-order valence-corrected chi connectivity index (χ3v) is 6.73. The van der Waals surface area contributed by atoms with E-state index in [-0.39, 0.29) is 0 Å². The molecule has 1 aliphatic carbocycles. The van der Waals surface area contributed by atoms with Crippen LogP contribution in [-0.4, -0.2) is 8.35 Å². The molecule has 0 aromatic rings. The van der Waals surface area contributed by atoms with E-state index in [1.165, 1.54) is 25.7 Å². The first kappa shape index (κ1) is 10.8. The topological polar surface area (TPSA) is 0 Å². The van der Waals surface area contributed by atoms with Crippen molar-refractivity contribution in [1.29, 1.82) is 0 Å². The van der Waals surface area contributed by atoms with Crippen LogP contribution >= 0.6 is 0 Å². The van der Waals surface area contributed by atoms with Crippen molar-refractivity contribution in [1.82, 2.24) is 0 Å². The van der Waals surface area contributed by atoms with Gasteiger partial charge >= 0.3 is 87.8 Å². The van der Waals surface area contributed by atoms with E-state index in [4.69, 9.17) is 0 Å². The van der Waals surface area contributed by atoms with E-state index in [2.05, 4.69) is 18.8 Å². The minimum absolute atomic E-state index is 0.466. The molecule has 0 aromatic heterocycles. The van der Waals surface area contributed by atoms with E-state index in [1.54, 1.807) is 12.8 Å². The molecule has 0 radical (unpaired) electrons. The van der Waals surface area contributed by atoms with Crippen LogP contribution in [0, 0.1) is 5.92 Å². The summed E-state index contributed by atoms with van der Waals surface area (Å²) in [5.74, 6) is 0.919. The SMILES string of the molecule is C[I-]C1(CC(C)C)CCCCC1. The maximum atomic E-state index is 2.49. The number of halogens is 1. The van der Waals surface area contributed by atoms with Crippen LogP contribution < -0.4 is 21.2 Å². The average Bonchev–Trinajstić information content (AvgIpc) is 2.05. The van der Waals surface area contributed by atoms with Crippen molar-refractivity contribution in [3.63, 3.8) is 0 Å². The summed E-state index contributed by atoms with van der Waals surface area (Å²) in [6, 6.07) is 0. The number of alkyl halides is 2. The number of hydrogen-bond acceptors (Lipinski definition) is 0. The van der Waals surface area contributed by atoms with Crippen molar-refractivity contribution < 1.29 is 21.2 Å². The summed E-state index contributed by atoms with van der Waals surface area (Å²) in [5.41, 5.74) is 0. The van der Waals surface area contributed by atoms with Gasteiger partial charge < -0.3 is 0 Å². The molecule has 0 amide bonds. The molecule has 1 heteroatoms. The molecular formula is C11H22I-. The Bertz CT molecular complexity index is 123. The second-order valence-corrected chi connectivity index (χ2v) is 7.87. The van der Waals surface area contributed by atoms with E-state index in [1.807, 2.05) is 0 Å². The van der Waals surface area contributed by atoms with Crippen LogP contribution in [0.2, 0.25) is 0 Å². The van der Waals surface area contributed by atoms with Crippen LogP contribution in [0.4, 0.5) is 0 Å². The Morgan fingerprint density at radius 3 is 2.17 bits per heavy atom. The normalized spacial score (nSPS) is 23.3. The van der Waals surface area contributed by atoms with Crippen molar-refractivity contribution in [3.8, 4) is 0 Å². The molecule has 0 N–H and O–H groups in total. The van der Waals surface area contributed by atoms with E-state index in [0.717, 1.165) is 9.34 Å².